The topological polar surface area (TPSA) is 105 Å². The van der Waals surface area contributed by atoms with Crippen molar-refractivity contribution in [2.75, 3.05) is 0 Å². The molecule has 0 saturated carbocycles. The zero-order valence-corrected chi connectivity index (χ0v) is 12.1. The van der Waals surface area contributed by atoms with Crippen LogP contribution in [0.1, 0.15) is 0 Å². The van der Waals surface area contributed by atoms with Crippen molar-refractivity contribution < 1.29 is 17.9 Å². The number of imidazole rings is 1. The van der Waals surface area contributed by atoms with E-state index in [1.165, 1.54) is 6.07 Å². The molecule has 1 aromatic carbocycles. The van der Waals surface area contributed by atoms with Gasteiger partial charge in [0, 0.05) is 15.9 Å². The van der Waals surface area contributed by atoms with Crippen LogP contribution < -0.4 is 5.69 Å². The maximum Gasteiger partial charge on any atom is 0.342 e. The fourth-order valence-corrected chi connectivity index (χ4v) is 3.26. The van der Waals surface area contributed by atoms with E-state index in [-0.39, 0.29) is 5.09 Å². The molecule has 0 unspecified atom stereocenters. The summed E-state index contributed by atoms with van der Waals surface area (Å²) < 4.78 is 30.9. The molecule has 104 valence electrons. The molecule has 2 aromatic heterocycles. The van der Waals surface area contributed by atoms with E-state index in [9.17, 15) is 13.2 Å². The Morgan fingerprint density at radius 2 is 2.05 bits per heavy atom. The maximum atomic E-state index is 12.2. The average molecular weight is 359 g/mol. The highest BCUT2D eigenvalue weighted by Gasteiger charge is 2.24. The van der Waals surface area contributed by atoms with Crippen LogP contribution in [0, 0.1) is 0 Å². The second-order valence-electron chi connectivity index (χ2n) is 3.99. The van der Waals surface area contributed by atoms with Crippen LogP contribution in [-0.2, 0) is 10.0 Å². The summed E-state index contributed by atoms with van der Waals surface area (Å²) >= 11 is 3.25. The van der Waals surface area contributed by atoms with Gasteiger partial charge >= 0.3 is 15.7 Å². The summed E-state index contributed by atoms with van der Waals surface area (Å²) in [5, 5.41) is 9.34. The van der Waals surface area contributed by atoms with E-state index >= 15 is 0 Å². The van der Waals surface area contributed by atoms with Gasteiger partial charge in [-0.05, 0) is 18.2 Å². The molecule has 0 fully saturated rings. The summed E-state index contributed by atoms with van der Waals surface area (Å²) in [6.07, 6.45) is 0.779. The number of aromatic hydroxyl groups is 1. The molecule has 0 aliphatic rings. The first kappa shape index (κ1) is 13.0. The first-order valence-electron chi connectivity index (χ1n) is 5.33. The van der Waals surface area contributed by atoms with Gasteiger partial charge in [-0.15, -0.1) is 0 Å². The van der Waals surface area contributed by atoms with Crippen LogP contribution in [0.5, 0.6) is 5.88 Å². The highest BCUT2D eigenvalue weighted by atomic mass is 79.9. The summed E-state index contributed by atoms with van der Waals surface area (Å²) in [6, 6.07) is 6.35. The first-order valence-corrected chi connectivity index (χ1v) is 7.56. The number of H-pyrrole nitrogens is 1. The second kappa shape index (κ2) is 4.25. The Balaban J connectivity index is 2.23. The Kier molecular flexibility index (Phi) is 2.76. The summed E-state index contributed by atoms with van der Waals surface area (Å²) in [4.78, 5) is 13.4. The first-order chi connectivity index (χ1) is 9.38. The van der Waals surface area contributed by atoms with E-state index < -0.39 is 21.6 Å². The van der Waals surface area contributed by atoms with Crippen LogP contribution in [0.2, 0.25) is 0 Å². The lowest BCUT2D eigenvalue weighted by Crippen LogP contribution is -2.24. The molecule has 20 heavy (non-hydrogen) atoms. The van der Waals surface area contributed by atoms with Crippen molar-refractivity contribution in [3.05, 3.63) is 45.4 Å². The van der Waals surface area contributed by atoms with Gasteiger partial charge in [-0.3, -0.25) is 4.98 Å². The second-order valence-corrected chi connectivity index (χ2v) is 6.65. The summed E-state index contributed by atoms with van der Waals surface area (Å²) in [5.74, 6) is -0.544. The van der Waals surface area contributed by atoms with Crippen molar-refractivity contribution >= 4 is 36.9 Å². The quantitative estimate of drug-likeness (QED) is 0.724. The molecule has 0 radical (unpaired) electrons. The minimum absolute atomic E-state index is 0.366. The normalized spacial score (nSPS) is 12.1. The Morgan fingerprint density at radius 3 is 2.70 bits per heavy atom. The van der Waals surface area contributed by atoms with E-state index in [0.29, 0.717) is 14.9 Å². The van der Waals surface area contributed by atoms with Crippen LogP contribution in [0.25, 0.3) is 11.0 Å². The lowest BCUT2D eigenvalue weighted by atomic mass is 10.3. The Hall–Kier alpha value is -2.00. The number of fused-ring (bicyclic) bond motifs is 1. The number of furan rings is 1. The molecule has 9 heteroatoms. The predicted molar refractivity (Wildman–Crippen MR) is 73.2 cm³/mol. The van der Waals surface area contributed by atoms with Crippen molar-refractivity contribution in [1.29, 1.82) is 0 Å². The van der Waals surface area contributed by atoms with E-state index in [1.807, 2.05) is 4.98 Å². The predicted octanol–water partition coefficient (Wildman–Crippen LogP) is 1.63. The number of nitrogens with one attached hydrogen (secondary N) is 1. The molecule has 0 aliphatic heterocycles. The van der Waals surface area contributed by atoms with Crippen LogP contribution in [-0.4, -0.2) is 22.5 Å². The van der Waals surface area contributed by atoms with Gasteiger partial charge in [-0.2, -0.15) is 12.4 Å². The molecule has 0 atom stereocenters. The molecule has 0 bridgehead atoms. The Bertz CT molecular complexity index is 966. The van der Waals surface area contributed by atoms with E-state index in [1.54, 1.807) is 18.2 Å². The lowest BCUT2D eigenvalue weighted by molar-refractivity contribution is 0.455. The molecule has 3 aromatic rings. The van der Waals surface area contributed by atoms with Crippen molar-refractivity contribution in [3.8, 4) is 5.88 Å². The number of aromatic nitrogens is 2. The zero-order chi connectivity index (χ0) is 14.5. The molecule has 2 N–H and O–H groups in total. The third-order valence-electron chi connectivity index (χ3n) is 2.65. The molecule has 0 aliphatic carbocycles. The van der Waals surface area contributed by atoms with Gasteiger partial charge in [-0.25, -0.2) is 4.79 Å². The third kappa shape index (κ3) is 1.95. The summed E-state index contributed by atoms with van der Waals surface area (Å²) in [6.45, 7) is 0. The maximum absolute atomic E-state index is 12.2. The van der Waals surface area contributed by atoms with Gasteiger partial charge in [0.1, 0.15) is 5.58 Å². The van der Waals surface area contributed by atoms with Crippen LogP contribution in [0.15, 0.2) is 49.2 Å². The molecule has 7 nitrogen and oxygen atoms in total. The van der Waals surface area contributed by atoms with Crippen molar-refractivity contribution in [3.63, 3.8) is 0 Å². The molecule has 0 saturated heterocycles. The van der Waals surface area contributed by atoms with E-state index in [0.717, 1.165) is 10.7 Å². The smallest absolute Gasteiger partial charge is 0.342 e. The van der Waals surface area contributed by atoms with Gasteiger partial charge in [0.25, 0.3) is 0 Å². The van der Waals surface area contributed by atoms with Crippen LogP contribution in [0.3, 0.4) is 0 Å². The Morgan fingerprint density at radius 1 is 1.30 bits per heavy atom. The minimum Gasteiger partial charge on any atom is -0.493 e. The number of nitrogens with zero attached hydrogens (tertiary/aromatic N) is 1. The largest absolute Gasteiger partial charge is 0.493 e. The zero-order valence-electron chi connectivity index (χ0n) is 9.70. The van der Waals surface area contributed by atoms with Crippen molar-refractivity contribution in [1.82, 2.24) is 8.96 Å². The molecule has 3 rings (SSSR count). The van der Waals surface area contributed by atoms with E-state index in [2.05, 4.69) is 15.9 Å². The lowest BCUT2D eigenvalue weighted by Gasteiger charge is -1.98. The number of aromatic amines is 1. The van der Waals surface area contributed by atoms with Gasteiger partial charge in [-0.1, -0.05) is 15.9 Å². The number of halogens is 1. The highest BCUT2D eigenvalue weighted by molar-refractivity contribution is 9.10. The van der Waals surface area contributed by atoms with Gasteiger partial charge in [0.05, 0.1) is 6.20 Å². The molecular weight excluding hydrogens is 352 g/mol. The van der Waals surface area contributed by atoms with Crippen molar-refractivity contribution in [2.45, 2.75) is 5.09 Å². The fourth-order valence-electron chi connectivity index (χ4n) is 1.75. The minimum atomic E-state index is -4.19. The number of hydrogen-bond donors (Lipinski definition) is 2. The van der Waals surface area contributed by atoms with E-state index in [4.69, 9.17) is 9.52 Å². The van der Waals surface area contributed by atoms with Crippen molar-refractivity contribution in [2.24, 2.45) is 0 Å². The van der Waals surface area contributed by atoms with Gasteiger partial charge in [0.2, 0.25) is 11.0 Å². The van der Waals surface area contributed by atoms with Gasteiger partial charge in [0.15, 0.2) is 0 Å². The Labute approximate surface area is 120 Å². The van der Waals surface area contributed by atoms with Crippen LogP contribution >= 0.6 is 15.9 Å². The standard InChI is InChI=1S/C11H7BrN2O5S/c12-7-2-1-6-3-10(19-8(6)4-7)20(17,18)14-5-9(15)13-11(14)16/h1-5,15H,(H,13,16). The molecule has 0 amide bonds. The average Bonchev–Trinajstić information content (AvgIpc) is 2.92. The van der Waals surface area contributed by atoms with Crippen LogP contribution in [0.4, 0.5) is 0 Å². The number of benzene rings is 1. The van der Waals surface area contributed by atoms with Gasteiger partial charge < -0.3 is 9.52 Å². The monoisotopic (exact) mass is 358 g/mol. The highest BCUT2D eigenvalue weighted by Crippen LogP contribution is 2.26. The number of hydrogen-bond acceptors (Lipinski definition) is 5. The summed E-state index contributed by atoms with van der Waals surface area (Å²) in [5.41, 5.74) is -0.602. The summed E-state index contributed by atoms with van der Waals surface area (Å²) in [7, 11) is -4.19. The SMILES string of the molecule is O=c1[nH]c(O)cn1S(=O)(=O)c1cc2ccc(Br)cc2o1. The molecule has 0 spiro atoms. The fraction of sp³-hybridized carbons (Fsp3) is 0. The molecular formula is C11H7BrN2O5S. The third-order valence-corrected chi connectivity index (χ3v) is 4.64. The number of rotatable bonds is 2. The molecule has 2 heterocycles.